The molecule has 7 heteroatoms. The van der Waals surface area contributed by atoms with Gasteiger partial charge in [0.1, 0.15) is 0 Å². The number of hydrogen-bond donors (Lipinski definition) is 1. The van der Waals surface area contributed by atoms with Gasteiger partial charge in [0.05, 0.1) is 17.4 Å². The summed E-state index contributed by atoms with van der Waals surface area (Å²) in [6.07, 6.45) is 3.91. The monoisotopic (exact) mass is 395 g/mol. The molecule has 6 nitrogen and oxygen atoms in total. The molecule has 3 heterocycles. The Kier molecular flexibility index (Phi) is 5.41. The Hall–Kier alpha value is -2.70. The Bertz CT molecular complexity index is 1070. The first-order chi connectivity index (χ1) is 13.3. The summed E-state index contributed by atoms with van der Waals surface area (Å²) >= 11 is 0. The van der Waals surface area contributed by atoms with Gasteiger partial charge in [-0.3, -0.25) is 0 Å². The molecular formula is C21H22ClN5O. The lowest BCUT2D eigenvalue weighted by Crippen LogP contribution is -2.10. The molecule has 1 atom stereocenters. The molecule has 144 valence electrons. The van der Waals surface area contributed by atoms with Gasteiger partial charge in [-0.05, 0) is 49.2 Å². The molecule has 1 unspecified atom stereocenters. The first kappa shape index (κ1) is 18.7. The molecule has 1 aliphatic rings. The predicted octanol–water partition coefficient (Wildman–Crippen LogP) is 3.71. The summed E-state index contributed by atoms with van der Waals surface area (Å²) in [4.78, 5) is 9.07. The van der Waals surface area contributed by atoms with Crippen LogP contribution in [0.1, 0.15) is 17.9 Å². The van der Waals surface area contributed by atoms with E-state index >= 15 is 0 Å². The maximum atomic E-state index is 5.48. The van der Waals surface area contributed by atoms with Gasteiger partial charge >= 0.3 is 0 Å². The average molecular weight is 396 g/mol. The number of halogens is 1. The van der Waals surface area contributed by atoms with Crippen LogP contribution >= 0.6 is 12.4 Å². The number of fused-ring (bicyclic) bond motifs is 1. The summed E-state index contributed by atoms with van der Waals surface area (Å²) in [5.74, 6) is 1.98. The van der Waals surface area contributed by atoms with Crippen molar-refractivity contribution in [1.29, 1.82) is 0 Å². The second-order valence-electron chi connectivity index (χ2n) is 7.14. The number of para-hydroxylation sites is 2. The standard InChI is InChI=1S/C21H21N5O.ClH/c1-2-7-19-18(6-1)23-14-26(19)13-16-4-3-5-17(10-16)21-24-20(27-25-21)11-15-8-9-22-12-15;/h1-7,10,14-15,22H,8-9,11-13H2;1H. The van der Waals surface area contributed by atoms with Crippen LogP contribution in [0.15, 0.2) is 59.4 Å². The second-order valence-corrected chi connectivity index (χ2v) is 7.14. The fraction of sp³-hybridized carbons (Fsp3) is 0.286. The van der Waals surface area contributed by atoms with Gasteiger partial charge in [-0.1, -0.05) is 35.5 Å². The molecule has 1 saturated heterocycles. The van der Waals surface area contributed by atoms with Crippen LogP contribution in [-0.2, 0) is 13.0 Å². The van der Waals surface area contributed by atoms with Crippen LogP contribution in [0.5, 0.6) is 0 Å². The van der Waals surface area contributed by atoms with Gasteiger partial charge in [-0.15, -0.1) is 12.4 Å². The van der Waals surface area contributed by atoms with Crippen LogP contribution in [-0.4, -0.2) is 32.8 Å². The highest BCUT2D eigenvalue weighted by molar-refractivity contribution is 5.85. The maximum Gasteiger partial charge on any atom is 0.227 e. The number of aromatic nitrogens is 4. The van der Waals surface area contributed by atoms with Crippen LogP contribution in [0.4, 0.5) is 0 Å². The number of nitrogens with zero attached hydrogens (tertiary/aromatic N) is 4. The third-order valence-corrected chi connectivity index (χ3v) is 5.16. The van der Waals surface area contributed by atoms with E-state index < -0.39 is 0 Å². The molecule has 1 N–H and O–H groups in total. The first-order valence-electron chi connectivity index (χ1n) is 9.38. The van der Waals surface area contributed by atoms with Crippen molar-refractivity contribution in [1.82, 2.24) is 25.0 Å². The smallest absolute Gasteiger partial charge is 0.227 e. The Morgan fingerprint density at radius 2 is 2.07 bits per heavy atom. The van der Waals surface area contributed by atoms with Gasteiger partial charge in [-0.25, -0.2) is 4.98 Å². The summed E-state index contributed by atoms with van der Waals surface area (Å²) in [5, 5.41) is 7.57. The van der Waals surface area contributed by atoms with E-state index in [1.54, 1.807) is 0 Å². The van der Waals surface area contributed by atoms with E-state index in [0.29, 0.717) is 11.7 Å². The predicted molar refractivity (Wildman–Crippen MR) is 110 cm³/mol. The van der Waals surface area contributed by atoms with Gasteiger partial charge in [0.15, 0.2) is 0 Å². The highest BCUT2D eigenvalue weighted by atomic mass is 35.5. The largest absolute Gasteiger partial charge is 0.339 e. The lowest BCUT2D eigenvalue weighted by atomic mass is 10.1. The Morgan fingerprint density at radius 1 is 1.14 bits per heavy atom. The highest BCUT2D eigenvalue weighted by Crippen LogP contribution is 2.21. The van der Waals surface area contributed by atoms with Gasteiger partial charge in [0, 0.05) is 18.5 Å². The zero-order valence-corrected chi connectivity index (χ0v) is 16.2. The normalized spacial score (nSPS) is 16.4. The molecule has 2 aromatic heterocycles. The third-order valence-electron chi connectivity index (χ3n) is 5.16. The highest BCUT2D eigenvalue weighted by Gasteiger charge is 2.19. The molecule has 0 bridgehead atoms. The molecule has 5 rings (SSSR count). The van der Waals surface area contributed by atoms with Crippen molar-refractivity contribution >= 4 is 23.4 Å². The molecule has 0 amide bonds. The molecule has 1 aliphatic heterocycles. The molecule has 0 saturated carbocycles. The zero-order chi connectivity index (χ0) is 18.1. The third kappa shape index (κ3) is 3.79. The second kappa shape index (κ2) is 8.12. The van der Waals surface area contributed by atoms with E-state index in [9.17, 15) is 0 Å². The molecular weight excluding hydrogens is 374 g/mol. The number of benzene rings is 2. The molecule has 0 spiro atoms. The van der Waals surface area contributed by atoms with Gasteiger partial charge in [0.2, 0.25) is 11.7 Å². The van der Waals surface area contributed by atoms with E-state index in [4.69, 9.17) is 4.52 Å². The number of imidazole rings is 1. The SMILES string of the molecule is Cl.c1cc(Cn2cnc3ccccc32)cc(-c2noc(CC3CCNC3)n2)c1. The lowest BCUT2D eigenvalue weighted by Gasteiger charge is -2.06. The molecule has 28 heavy (non-hydrogen) atoms. The average Bonchev–Trinajstić information content (AvgIpc) is 3.45. The van der Waals surface area contributed by atoms with Crippen LogP contribution in [0.25, 0.3) is 22.4 Å². The fourth-order valence-corrected chi connectivity index (χ4v) is 3.73. The summed E-state index contributed by atoms with van der Waals surface area (Å²) in [6, 6.07) is 16.5. The Labute approximate surface area is 169 Å². The van der Waals surface area contributed by atoms with Gasteiger partial charge in [-0.2, -0.15) is 4.98 Å². The van der Waals surface area contributed by atoms with Crippen LogP contribution in [0.2, 0.25) is 0 Å². The molecule has 0 radical (unpaired) electrons. The minimum atomic E-state index is 0. The topological polar surface area (TPSA) is 68.8 Å². The molecule has 1 fully saturated rings. The van der Waals surface area contributed by atoms with Crippen molar-refractivity contribution in [2.75, 3.05) is 13.1 Å². The van der Waals surface area contributed by atoms with Crippen molar-refractivity contribution in [3.63, 3.8) is 0 Å². The quantitative estimate of drug-likeness (QED) is 0.558. The van der Waals surface area contributed by atoms with Crippen molar-refractivity contribution in [3.05, 3.63) is 66.3 Å². The zero-order valence-electron chi connectivity index (χ0n) is 15.4. The van der Waals surface area contributed by atoms with Crippen molar-refractivity contribution in [2.24, 2.45) is 5.92 Å². The van der Waals surface area contributed by atoms with Crippen LogP contribution in [0, 0.1) is 5.92 Å². The summed E-state index contributed by atoms with van der Waals surface area (Å²) in [5.41, 5.74) is 4.31. The van der Waals surface area contributed by atoms with E-state index in [0.717, 1.165) is 48.5 Å². The van der Waals surface area contributed by atoms with Crippen molar-refractivity contribution < 1.29 is 4.52 Å². The van der Waals surface area contributed by atoms with Crippen molar-refractivity contribution in [3.8, 4) is 11.4 Å². The first-order valence-corrected chi connectivity index (χ1v) is 9.38. The summed E-state index contributed by atoms with van der Waals surface area (Å²) in [6.45, 7) is 2.87. The number of nitrogens with one attached hydrogen (secondary N) is 1. The maximum absolute atomic E-state index is 5.48. The minimum absolute atomic E-state index is 0. The van der Waals surface area contributed by atoms with E-state index in [1.165, 1.54) is 12.0 Å². The summed E-state index contributed by atoms with van der Waals surface area (Å²) < 4.78 is 7.64. The fourth-order valence-electron chi connectivity index (χ4n) is 3.73. The number of hydrogen-bond acceptors (Lipinski definition) is 5. The van der Waals surface area contributed by atoms with Crippen LogP contribution < -0.4 is 5.32 Å². The van der Waals surface area contributed by atoms with Gasteiger partial charge in [0.25, 0.3) is 0 Å². The van der Waals surface area contributed by atoms with E-state index in [1.807, 2.05) is 36.7 Å². The number of rotatable bonds is 5. The van der Waals surface area contributed by atoms with Gasteiger partial charge < -0.3 is 14.4 Å². The van der Waals surface area contributed by atoms with Crippen molar-refractivity contribution in [2.45, 2.75) is 19.4 Å². The molecule has 2 aromatic carbocycles. The Morgan fingerprint density at radius 3 is 2.96 bits per heavy atom. The van der Waals surface area contributed by atoms with E-state index in [2.05, 4.69) is 43.2 Å². The molecule has 4 aromatic rings. The molecule has 0 aliphatic carbocycles. The van der Waals surface area contributed by atoms with Crippen LogP contribution in [0.3, 0.4) is 0 Å². The summed E-state index contributed by atoms with van der Waals surface area (Å²) in [7, 11) is 0. The Balaban J connectivity index is 0.00000192. The minimum Gasteiger partial charge on any atom is -0.339 e. The van der Waals surface area contributed by atoms with E-state index in [-0.39, 0.29) is 12.4 Å². The lowest BCUT2D eigenvalue weighted by molar-refractivity contribution is 0.358.